The van der Waals surface area contributed by atoms with Crippen LogP contribution in [0.25, 0.3) is 0 Å². The van der Waals surface area contributed by atoms with Gasteiger partial charge in [-0.25, -0.2) is 4.39 Å². The van der Waals surface area contributed by atoms with E-state index in [0.29, 0.717) is 10.8 Å². The Morgan fingerprint density at radius 2 is 1.66 bits per heavy atom. The van der Waals surface area contributed by atoms with Gasteiger partial charge in [0.1, 0.15) is 17.7 Å². The van der Waals surface area contributed by atoms with Gasteiger partial charge in [0.25, 0.3) is 0 Å². The number of benzene rings is 3. The van der Waals surface area contributed by atoms with Crippen LogP contribution in [0.1, 0.15) is 29.2 Å². The number of halogens is 2. The molecule has 1 aliphatic heterocycles. The van der Waals surface area contributed by atoms with Gasteiger partial charge in [-0.2, -0.15) is 0 Å². The van der Waals surface area contributed by atoms with Crippen LogP contribution in [0.15, 0.2) is 66.7 Å². The zero-order valence-electron chi connectivity index (χ0n) is 18.7. The van der Waals surface area contributed by atoms with E-state index in [9.17, 15) is 4.39 Å². The first-order valence-electron chi connectivity index (χ1n) is 11.2. The molecule has 1 aliphatic rings. The van der Waals surface area contributed by atoms with Crippen LogP contribution in [0.2, 0.25) is 5.02 Å². The minimum atomic E-state index is -0.242. The van der Waals surface area contributed by atoms with E-state index in [-0.39, 0.29) is 11.9 Å². The fourth-order valence-electron chi connectivity index (χ4n) is 4.26. The van der Waals surface area contributed by atoms with Crippen LogP contribution in [0, 0.1) is 19.7 Å². The first-order valence-corrected chi connectivity index (χ1v) is 11.6. The fourth-order valence-corrected chi connectivity index (χ4v) is 4.42. The summed E-state index contributed by atoms with van der Waals surface area (Å²) in [5.41, 5.74) is 4.70. The summed E-state index contributed by atoms with van der Waals surface area (Å²) < 4.78 is 19.9. The Morgan fingerprint density at radius 1 is 0.938 bits per heavy atom. The zero-order chi connectivity index (χ0) is 22.5. The molecule has 3 aromatic carbocycles. The van der Waals surface area contributed by atoms with E-state index in [4.69, 9.17) is 16.3 Å². The average molecular weight is 453 g/mol. The minimum Gasteiger partial charge on any atom is -0.484 e. The van der Waals surface area contributed by atoms with E-state index in [1.54, 1.807) is 12.1 Å². The van der Waals surface area contributed by atoms with Crippen LogP contribution in [0.4, 0.5) is 10.1 Å². The van der Waals surface area contributed by atoms with Crippen molar-refractivity contribution in [1.82, 2.24) is 4.90 Å². The monoisotopic (exact) mass is 452 g/mol. The normalized spacial score (nSPS) is 15.6. The van der Waals surface area contributed by atoms with Gasteiger partial charge in [0.2, 0.25) is 0 Å². The van der Waals surface area contributed by atoms with Gasteiger partial charge in [-0.05, 0) is 60.9 Å². The molecule has 0 aliphatic carbocycles. The molecule has 32 heavy (non-hydrogen) atoms. The first-order chi connectivity index (χ1) is 15.5. The molecule has 0 saturated carbocycles. The summed E-state index contributed by atoms with van der Waals surface area (Å²) in [6.45, 7) is 9.14. The van der Waals surface area contributed by atoms with Crippen LogP contribution >= 0.6 is 11.6 Å². The van der Waals surface area contributed by atoms with E-state index in [2.05, 4.69) is 41.0 Å². The third kappa shape index (κ3) is 5.62. The quantitative estimate of drug-likeness (QED) is 0.411. The van der Waals surface area contributed by atoms with E-state index in [1.807, 2.05) is 25.1 Å². The number of aryl methyl sites for hydroxylation is 2. The molecule has 168 valence electrons. The minimum absolute atomic E-state index is 0.190. The highest BCUT2D eigenvalue weighted by atomic mass is 35.5. The molecule has 0 amide bonds. The lowest BCUT2D eigenvalue weighted by Crippen LogP contribution is -2.47. The van der Waals surface area contributed by atoms with Gasteiger partial charge in [-0.15, -0.1) is 0 Å². The van der Waals surface area contributed by atoms with Gasteiger partial charge >= 0.3 is 0 Å². The molecule has 0 spiro atoms. The van der Waals surface area contributed by atoms with Crippen molar-refractivity contribution in [3.05, 3.63) is 94.3 Å². The van der Waals surface area contributed by atoms with Crippen LogP contribution in [0.5, 0.6) is 5.75 Å². The molecule has 5 heteroatoms. The van der Waals surface area contributed by atoms with Crippen molar-refractivity contribution < 1.29 is 9.13 Å². The van der Waals surface area contributed by atoms with Gasteiger partial charge in [-0.3, -0.25) is 4.90 Å². The Hall–Kier alpha value is -2.56. The Labute approximate surface area is 195 Å². The highest BCUT2D eigenvalue weighted by molar-refractivity contribution is 6.32. The van der Waals surface area contributed by atoms with Gasteiger partial charge in [0.05, 0.1) is 5.02 Å². The number of hydrogen-bond acceptors (Lipinski definition) is 3. The summed E-state index contributed by atoms with van der Waals surface area (Å²) in [4.78, 5) is 4.94. The molecule has 0 aromatic heterocycles. The Kier molecular flexibility index (Phi) is 7.33. The van der Waals surface area contributed by atoms with E-state index >= 15 is 0 Å². The van der Waals surface area contributed by atoms with E-state index in [0.717, 1.165) is 50.3 Å². The van der Waals surface area contributed by atoms with Crippen LogP contribution in [-0.2, 0) is 0 Å². The van der Waals surface area contributed by atoms with Crippen LogP contribution < -0.4 is 9.64 Å². The largest absolute Gasteiger partial charge is 0.484 e. The number of ether oxygens (including phenoxy) is 1. The van der Waals surface area contributed by atoms with Crippen molar-refractivity contribution in [2.75, 3.05) is 37.6 Å². The summed E-state index contributed by atoms with van der Waals surface area (Å²) in [7, 11) is 0. The Morgan fingerprint density at radius 3 is 2.38 bits per heavy atom. The lowest BCUT2D eigenvalue weighted by atomic mass is 10.1. The maximum absolute atomic E-state index is 13.5. The van der Waals surface area contributed by atoms with Gasteiger partial charge in [-0.1, -0.05) is 48.0 Å². The number of rotatable bonds is 7. The summed E-state index contributed by atoms with van der Waals surface area (Å²) >= 11 is 6.39. The lowest BCUT2D eigenvalue weighted by Gasteiger charge is -2.37. The van der Waals surface area contributed by atoms with Crippen molar-refractivity contribution in [2.24, 2.45) is 0 Å². The molecule has 1 heterocycles. The van der Waals surface area contributed by atoms with E-state index < -0.39 is 0 Å². The van der Waals surface area contributed by atoms with Crippen molar-refractivity contribution in [2.45, 2.75) is 26.4 Å². The molecule has 1 atom stereocenters. The summed E-state index contributed by atoms with van der Waals surface area (Å²) in [5.74, 6) is 0.429. The number of nitrogens with zero attached hydrogens (tertiary/aromatic N) is 2. The van der Waals surface area contributed by atoms with E-state index in [1.165, 1.54) is 23.4 Å². The van der Waals surface area contributed by atoms with Gasteiger partial charge < -0.3 is 9.64 Å². The van der Waals surface area contributed by atoms with Crippen molar-refractivity contribution >= 4 is 17.3 Å². The molecular weight excluding hydrogens is 423 g/mol. The number of hydrogen-bond donors (Lipinski definition) is 0. The topological polar surface area (TPSA) is 15.7 Å². The molecule has 0 unspecified atom stereocenters. The second kappa shape index (κ2) is 10.4. The number of piperazine rings is 1. The molecule has 0 bridgehead atoms. The molecule has 1 saturated heterocycles. The summed E-state index contributed by atoms with van der Waals surface area (Å²) in [6, 6.07) is 20.9. The maximum atomic E-state index is 13.5. The third-order valence-electron chi connectivity index (χ3n) is 6.13. The third-order valence-corrected chi connectivity index (χ3v) is 6.45. The number of anilines is 1. The average Bonchev–Trinajstić information content (AvgIpc) is 2.80. The molecule has 0 radical (unpaired) electrons. The first kappa shape index (κ1) is 22.6. The van der Waals surface area contributed by atoms with Crippen molar-refractivity contribution in [3.8, 4) is 5.75 Å². The van der Waals surface area contributed by atoms with Gasteiger partial charge in [0, 0.05) is 44.8 Å². The SMILES string of the molecule is Cc1ccc(Cl)c(O[C@H](CCN2CCN(c3ccccc3C)CC2)c2ccc(F)cc2)c1. The molecule has 4 rings (SSSR count). The Bertz CT molecular complexity index is 1030. The molecule has 1 fully saturated rings. The molecule has 0 N–H and O–H groups in total. The van der Waals surface area contributed by atoms with Crippen molar-refractivity contribution in [3.63, 3.8) is 0 Å². The summed E-state index contributed by atoms with van der Waals surface area (Å²) in [5, 5.41) is 0.592. The van der Waals surface area contributed by atoms with Crippen LogP contribution in [-0.4, -0.2) is 37.6 Å². The van der Waals surface area contributed by atoms with Crippen molar-refractivity contribution in [1.29, 1.82) is 0 Å². The molecule has 3 nitrogen and oxygen atoms in total. The molecular formula is C27H30ClFN2O. The second-order valence-electron chi connectivity index (χ2n) is 8.50. The molecule has 3 aromatic rings. The second-order valence-corrected chi connectivity index (χ2v) is 8.90. The number of para-hydroxylation sites is 1. The fraction of sp³-hybridized carbons (Fsp3) is 0.333. The zero-order valence-corrected chi connectivity index (χ0v) is 19.5. The standard InChI is InChI=1S/C27H30ClFN2O/c1-20-7-12-24(28)27(19-20)32-26(22-8-10-23(29)11-9-22)13-14-30-15-17-31(18-16-30)25-6-4-3-5-21(25)2/h3-12,19,26H,13-18H2,1-2H3/t26-/m1/s1. The smallest absolute Gasteiger partial charge is 0.139 e. The maximum Gasteiger partial charge on any atom is 0.139 e. The predicted octanol–water partition coefficient (Wildman–Crippen LogP) is 6.43. The van der Waals surface area contributed by atoms with Gasteiger partial charge in [0.15, 0.2) is 0 Å². The lowest BCUT2D eigenvalue weighted by molar-refractivity contribution is 0.160. The highest BCUT2D eigenvalue weighted by Gasteiger charge is 2.21. The summed E-state index contributed by atoms with van der Waals surface area (Å²) in [6.07, 6.45) is 0.615. The highest BCUT2D eigenvalue weighted by Crippen LogP contribution is 2.32. The predicted molar refractivity (Wildman–Crippen MR) is 130 cm³/mol. The Balaban J connectivity index is 1.41. The van der Waals surface area contributed by atoms with Crippen LogP contribution in [0.3, 0.4) is 0 Å².